The average Bonchev–Trinajstić information content (AvgIpc) is 2.13. The number of halogens is 1. The normalized spacial score (nSPS) is 12.9. The molecule has 3 heteroatoms. The zero-order valence-electron chi connectivity index (χ0n) is 7.97. The number of rotatable bonds is 3. The van der Waals surface area contributed by atoms with Gasteiger partial charge in [-0.2, -0.15) is 0 Å². The minimum atomic E-state index is 0.247. The van der Waals surface area contributed by atoms with Crippen LogP contribution in [0.4, 0.5) is 0 Å². The van der Waals surface area contributed by atoms with Crippen LogP contribution in [0.2, 0.25) is 0 Å². The van der Waals surface area contributed by atoms with Crippen LogP contribution in [0.5, 0.6) is 0 Å². The third-order valence-electron chi connectivity index (χ3n) is 2.21. The van der Waals surface area contributed by atoms with Crippen LogP contribution in [0, 0.1) is 6.92 Å². The summed E-state index contributed by atoms with van der Waals surface area (Å²) in [6.45, 7) is 4.18. The van der Waals surface area contributed by atoms with Crippen LogP contribution in [0.25, 0.3) is 0 Å². The first-order valence-corrected chi connectivity index (χ1v) is 5.20. The van der Waals surface area contributed by atoms with Gasteiger partial charge in [0.15, 0.2) is 0 Å². The van der Waals surface area contributed by atoms with Gasteiger partial charge in [0.2, 0.25) is 0 Å². The topological polar surface area (TPSA) is 38.0 Å². The van der Waals surface area contributed by atoms with Gasteiger partial charge in [-0.3, -0.25) is 11.3 Å². The van der Waals surface area contributed by atoms with Gasteiger partial charge in [0.1, 0.15) is 0 Å². The molecule has 0 aliphatic heterocycles. The highest BCUT2D eigenvalue weighted by Crippen LogP contribution is 2.22. The molecule has 1 aromatic carbocycles. The summed E-state index contributed by atoms with van der Waals surface area (Å²) in [5, 5.41) is 0. The minimum Gasteiger partial charge on any atom is -0.271 e. The van der Waals surface area contributed by atoms with Crippen molar-refractivity contribution in [2.45, 2.75) is 26.3 Å². The third-order valence-corrected chi connectivity index (χ3v) is 3.06. The monoisotopic (exact) mass is 242 g/mol. The molecule has 0 aromatic heterocycles. The Morgan fingerprint density at radius 2 is 2.23 bits per heavy atom. The standard InChI is InChI=1S/C10H15BrN2/c1-3-10(13-12)8-5-4-7(2)9(11)6-8/h4-6,10,13H,3,12H2,1-2H3. The fourth-order valence-electron chi connectivity index (χ4n) is 1.28. The lowest BCUT2D eigenvalue weighted by atomic mass is 10.0. The second-order valence-electron chi connectivity index (χ2n) is 3.14. The minimum absolute atomic E-state index is 0.247. The number of hydrazine groups is 1. The van der Waals surface area contributed by atoms with Crippen molar-refractivity contribution in [3.8, 4) is 0 Å². The van der Waals surface area contributed by atoms with Crippen LogP contribution in [0.15, 0.2) is 22.7 Å². The first kappa shape index (κ1) is 10.7. The Morgan fingerprint density at radius 1 is 1.54 bits per heavy atom. The summed E-state index contributed by atoms with van der Waals surface area (Å²) in [5.41, 5.74) is 5.26. The second-order valence-corrected chi connectivity index (χ2v) is 3.99. The molecule has 3 N–H and O–H groups in total. The Balaban J connectivity index is 2.95. The Kier molecular flexibility index (Phi) is 3.90. The van der Waals surface area contributed by atoms with E-state index in [4.69, 9.17) is 5.84 Å². The fourth-order valence-corrected chi connectivity index (χ4v) is 1.67. The molecule has 1 aromatic rings. The molecule has 1 unspecified atom stereocenters. The van der Waals surface area contributed by atoms with Gasteiger partial charge < -0.3 is 0 Å². The third kappa shape index (κ3) is 2.53. The number of aryl methyl sites for hydroxylation is 1. The molecule has 2 nitrogen and oxygen atoms in total. The van der Waals surface area contributed by atoms with Crippen molar-refractivity contribution >= 4 is 15.9 Å². The molecule has 0 bridgehead atoms. The molecule has 0 heterocycles. The quantitative estimate of drug-likeness (QED) is 0.632. The number of benzene rings is 1. The van der Waals surface area contributed by atoms with E-state index in [2.05, 4.69) is 53.4 Å². The summed E-state index contributed by atoms with van der Waals surface area (Å²) in [5.74, 6) is 5.44. The van der Waals surface area contributed by atoms with Crippen molar-refractivity contribution < 1.29 is 0 Å². The molecule has 13 heavy (non-hydrogen) atoms. The first-order chi connectivity index (χ1) is 6.19. The van der Waals surface area contributed by atoms with E-state index in [0.29, 0.717) is 0 Å². The van der Waals surface area contributed by atoms with E-state index in [0.717, 1.165) is 10.9 Å². The number of hydrogen-bond acceptors (Lipinski definition) is 2. The van der Waals surface area contributed by atoms with Crippen LogP contribution in [0.1, 0.15) is 30.5 Å². The predicted molar refractivity (Wildman–Crippen MR) is 59.2 cm³/mol. The Hall–Kier alpha value is -0.380. The highest BCUT2D eigenvalue weighted by molar-refractivity contribution is 9.10. The lowest BCUT2D eigenvalue weighted by Gasteiger charge is -2.14. The summed E-state index contributed by atoms with van der Waals surface area (Å²) >= 11 is 3.50. The van der Waals surface area contributed by atoms with E-state index in [-0.39, 0.29) is 6.04 Å². The smallest absolute Gasteiger partial charge is 0.0457 e. The van der Waals surface area contributed by atoms with Crippen LogP contribution in [-0.2, 0) is 0 Å². The van der Waals surface area contributed by atoms with Crippen molar-refractivity contribution in [1.82, 2.24) is 5.43 Å². The molecule has 0 amide bonds. The van der Waals surface area contributed by atoms with Crippen LogP contribution in [0.3, 0.4) is 0 Å². The SMILES string of the molecule is CCC(NN)c1ccc(C)c(Br)c1. The van der Waals surface area contributed by atoms with Crippen LogP contribution in [-0.4, -0.2) is 0 Å². The molecule has 0 fully saturated rings. The van der Waals surface area contributed by atoms with Gasteiger partial charge in [-0.25, -0.2) is 0 Å². The highest BCUT2D eigenvalue weighted by atomic mass is 79.9. The Bertz CT molecular complexity index is 282. The lowest BCUT2D eigenvalue weighted by molar-refractivity contribution is 0.539. The van der Waals surface area contributed by atoms with Crippen molar-refractivity contribution in [3.05, 3.63) is 33.8 Å². The molecule has 0 aliphatic carbocycles. The van der Waals surface area contributed by atoms with E-state index < -0.39 is 0 Å². The molecule has 0 spiro atoms. The molecular formula is C10H15BrN2. The van der Waals surface area contributed by atoms with Gasteiger partial charge in [-0.1, -0.05) is 35.0 Å². The fraction of sp³-hybridized carbons (Fsp3) is 0.400. The zero-order chi connectivity index (χ0) is 9.84. The van der Waals surface area contributed by atoms with Crippen LogP contribution >= 0.6 is 15.9 Å². The summed E-state index contributed by atoms with van der Waals surface area (Å²) in [6, 6.07) is 6.56. The number of hydrogen-bond donors (Lipinski definition) is 2. The van der Waals surface area contributed by atoms with Gasteiger partial charge in [-0.15, -0.1) is 0 Å². The van der Waals surface area contributed by atoms with E-state index in [1.165, 1.54) is 11.1 Å². The number of nitrogens with one attached hydrogen (secondary N) is 1. The van der Waals surface area contributed by atoms with Crippen molar-refractivity contribution in [3.63, 3.8) is 0 Å². The maximum Gasteiger partial charge on any atom is 0.0457 e. The van der Waals surface area contributed by atoms with E-state index in [1.807, 2.05) is 0 Å². The molecule has 0 radical (unpaired) electrons. The molecule has 0 saturated heterocycles. The molecule has 1 rings (SSSR count). The van der Waals surface area contributed by atoms with Gasteiger partial charge in [0.25, 0.3) is 0 Å². The molecule has 0 saturated carbocycles. The first-order valence-electron chi connectivity index (χ1n) is 4.41. The molecular weight excluding hydrogens is 228 g/mol. The van der Waals surface area contributed by atoms with E-state index >= 15 is 0 Å². The van der Waals surface area contributed by atoms with E-state index in [1.54, 1.807) is 0 Å². The Labute approximate surface area is 87.6 Å². The molecule has 1 atom stereocenters. The van der Waals surface area contributed by atoms with Gasteiger partial charge in [0, 0.05) is 10.5 Å². The van der Waals surface area contributed by atoms with Crippen LogP contribution < -0.4 is 11.3 Å². The average molecular weight is 243 g/mol. The van der Waals surface area contributed by atoms with Gasteiger partial charge in [-0.05, 0) is 30.5 Å². The summed E-state index contributed by atoms with van der Waals surface area (Å²) in [4.78, 5) is 0. The molecule has 72 valence electrons. The van der Waals surface area contributed by atoms with Gasteiger partial charge in [0.05, 0.1) is 0 Å². The lowest BCUT2D eigenvalue weighted by Crippen LogP contribution is -2.27. The van der Waals surface area contributed by atoms with Crippen molar-refractivity contribution in [1.29, 1.82) is 0 Å². The highest BCUT2D eigenvalue weighted by Gasteiger charge is 2.07. The Morgan fingerprint density at radius 3 is 2.69 bits per heavy atom. The summed E-state index contributed by atoms with van der Waals surface area (Å²) < 4.78 is 1.14. The predicted octanol–water partition coefficient (Wildman–Crippen LogP) is 2.67. The maximum absolute atomic E-state index is 5.44. The maximum atomic E-state index is 5.44. The number of nitrogens with two attached hydrogens (primary N) is 1. The zero-order valence-corrected chi connectivity index (χ0v) is 9.56. The van der Waals surface area contributed by atoms with Crippen molar-refractivity contribution in [2.24, 2.45) is 5.84 Å². The second kappa shape index (κ2) is 4.74. The summed E-state index contributed by atoms with van der Waals surface area (Å²) in [7, 11) is 0. The van der Waals surface area contributed by atoms with E-state index in [9.17, 15) is 0 Å². The van der Waals surface area contributed by atoms with Gasteiger partial charge >= 0.3 is 0 Å². The largest absolute Gasteiger partial charge is 0.271 e. The van der Waals surface area contributed by atoms with Crippen molar-refractivity contribution in [2.75, 3.05) is 0 Å². The summed E-state index contributed by atoms with van der Waals surface area (Å²) in [6.07, 6.45) is 0.992. The molecule has 0 aliphatic rings.